The fourth-order valence-corrected chi connectivity index (χ4v) is 2.06. The first kappa shape index (κ1) is 19.2. The van der Waals surface area contributed by atoms with Crippen LogP contribution in [-0.2, 0) is 10.2 Å². The summed E-state index contributed by atoms with van der Waals surface area (Å²) in [5.41, 5.74) is 1.79. The van der Waals surface area contributed by atoms with E-state index in [0.29, 0.717) is 12.1 Å². The molecule has 5 nitrogen and oxygen atoms in total. The van der Waals surface area contributed by atoms with Gasteiger partial charge in [0.25, 0.3) is 5.91 Å². The van der Waals surface area contributed by atoms with E-state index in [9.17, 15) is 9.59 Å². The van der Waals surface area contributed by atoms with Gasteiger partial charge >= 0.3 is 0 Å². The van der Waals surface area contributed by atoms with Gasteiger partial charge in [-0.05, 0) is 30.0 Å². The summed E-state index contributed by atoms with van der Waals surface area (Å²) in [4.78, 5) is 25.4. The Balaban J connectivity index is 2.56. The van der Waals surface area contributed by atoms with Crippen LogP contribution in [0.5, 0.6) is 0 Å². The molecule has 0 saturated heterocycles. The summed E-state index contributed by atoms with van der Waals surface area (Å²) in [6.07, 6.45) is 0. The first-order valence-corrected chi connectivity index (χ1v) is 8.09. The molecule has 0 heterocycles. The maximum absolute atomic E-state index is 12.2. The SMILES string of the molecule is C[C@H](NC(=O)c1ccc(C(C)(C)C)cc1)C(=O)NCC[NH+](C)C. The van der Waals surface area contributed by atoms with Crippen molar-refractivity contribution in [3.8, 4) is 0 Å². The molecule has 1 aromatic carbocycles. The van der Waals surface area contributed by atoms with Gasteiger partial charge < -0.3 is 15.5 Å². The minimum Gasteiger partial charge on any atom is -0.349 e. The molecular formula is C18H30N3O2+. The van der Waals surface area contributed by atoms with Gasteiger partial charge in [-0.3, -0.25) is 9.59 Å². The van der Waals surface area contributed by atoms with E-state index in [2.05, 4.69) is 31.4 Å². The molecule has 0 aliphatic carbocycles. The highest BCUT2D eigenvalue weighted by Gasteiger charge is 2.18. The number of rotatable bonds is 6. The van der Waals surface area contributed by atoms with Gasteiger partial charge in [0.05, 0.1) is 27.2 Å². The number of hydrogen-bond acceptors (Lipinski definition) is 2. The average molecular weight is 320 g/mol. The number of nitrogens with one attached hydrogen (secondary N) is 3. The molecule has 23 heavy (non-hydrogen) atoms. The average Bonchev–Trinajstić information content (AvgIpc) is 2.45. The molecule has 0 saturated carbocycles. The van der Waals surface area contributed by atoms with E-state index in [-0.39, 0.29) is 17.2 Å². The smallest absolute Gasteiger partial charge is 0.251 e. The molecule has 1 atom stereocenters. The zero-order valence-corrected chi connectivity index (χ0v) is 15.1. The van der Waals surface area contributed by atoms with E-state index in [1.54, 1.807) is 19.1 Å². The maximum atomic E-state index is 12.2. The number of quaternary nitrogens is 1. The second kappa shape index (κ2) is 8.11. The van der Waals surface area contributed by atoms with Gasteiger partial charge in [0, 0.05) is 5.56 Å². The fraction of sp³-hybridized carbons (Fsp3) is 0.556. The van der Waals surface area contributed by atoms with Crippen LogP contribution >= 0.6 is 0 Å². The quantitative estimate of drug-likeness (QED) is 0.709. The Morgan fingerprint density at radius 3 is 2.17 bits per heavy atom. The van der Waals surface area contributed by atoms with E-state index in [4.69, 9.17) is 0 Å². The van der Waals surface area contributed by atoms with Crippen LogP contribution in [0.25, 0.3) is 0 Å². The minimum absolute atomic E-state index is 0.0522. The molecular weight excluding hydrogens is 290 g/mol. The van der Waals surface area contributed by atoms with Gasteiger partial charge in [-0.15, -0.1) is 0 Å². The second-order valence-electron chi connectivity index (χ2n) is 7.27. The Morgan fingerprint density at radius 2 is 1.70 bits per heavy atom. The molecule has 0 unspecified atom stereocenters. The van der Waals surface area contributed by atoms with Crippen LogP contribution in [0.15, 0.2) is 24.3 Å². The van der Waals surface area contributed by atoms with Crippen molar-refractivity contribution in [2.75, 3.05) is 27.2 Å². The van der Waals surface area contributed by atoms with E-state index in [1.165, 1.54) is 10.5 Å². The van der Waals surface area contributed by atoms with E-state index in [1.807, 2.05) is 26.2 Å². The first-order chi connectivity index (χ1) is 10.6. The number of hydrogen-bond donors (Lipinski definition) is 3. The van der Waals surface area contributed by atoms with Crippen molar-refractivity contribution in [3.63, 3.8) is 0 Å². The predicted molar refractivity (Wildman–Crippen MR) is 92.8 cm³/mol. The van der Waals surface area contributed by atoms with Crippen LogP contribution in [0.3, 0.4) is 0 Å². The first-order valence-electron chi connectivity index (χ1n) is 8.09. The number of carbonyl (C=O) groups is 2. The molecule has 1 aromatic rings. The largest absolute Gasteiger partial charge is 0.349 e. The molecule has 0 spiro atoms. The third-order valence-corrected chi connectivity index (χ3v) is 3.68. The summed E-state index contributed by atoms with van der Waals surface area (Å²) < 4.78 is 0. The maximum Gasteiger partial charge on any atom is 0.251 e. The van der Waals surface area contributed by atoms with Crippen molar-refractivity contribution >= 4 is 11.8 Å². The standard InChI is InChI=1S/C18H29N3O2/c1-13(16(22)19-11-12-21(5)6)20-17(23)14-7-9-15(10-8-14)18(2,3)4/h7-10,13H,11-12H2,1-6H3,(H,19,22)(H,20,23)/p+1/t13-/m0/s1. The van der Waals surface area contributed by atoms with Crippen LogP contribution in [0.2, 0.25) is 0 Å². The van der Waals surface area contributed by atoms with Crippen LogP contribution in [0, 0.1) is 0 Å². The molecule has 0 aliphatic heterocycles. The molecule has 0 radical (unpaired) electrons. The van der Waals surface area contributed by atoms with Crippen LogP contribution in [0.4, 0.5) is 0 Å². The lowest BCUT2D eigenvalue weighted by atomic mass is 9.86. The second-order valence-corrected chi connectivity index (χ2v) is 7.27. The molecule has 5 heteroatoms. The monoisotopic (exact) mass is 320 g/mol. The van der Waals surface area contributed by atoms with E-state index < -0.39 is 6.04 Å². The summed E-state index contributed by atoms with van der Waals surface area (Å²) in [5, 5.41) is 5.56. The zero-order chi connectivity index (χ0) is 17.6. The van der Waals surface area contributed by atoms with Gasteiger partial charge in [-0.2, -0.15) is 0 Å². The Bertz CT molecular complexity index is 530. The van der Waals surface area contributed by atoms with Crippen molar-refractivity contribution in [1.29, 1.82) is 0 Å². The van der Waals surface area contributed by atoms with Gasteiger partial charge in [0.15, 0.2) is 0 Å². The van der Waals surface area contributed by atoms with Crippen molar-refractivity contribution in [1.82, 2.24) is 10.6 Å². The Hall–Kier alpha value is -1.88. The number of benzene rings is 1. The molecule has 0 bridgehead atoms. The van der Waals surface area contributed by atoms with Crippen LogP contribution in [-0.4, -0.2) is 45.0 Å². The molecule has 128 valence electrons. The third-order valence-electron chi connectivity index (χ3n) is 3.68. The van der Waals surface area contributed by atoms with Gasteiger partial charge in [-0.1, -0.05) is 32.9 Å². The summed E-state index contributed by atoms with van der Waals surface area (Å²) in [6, 6.07) is 6.97. The van der Waals surface area contributed by atoms with Crippen LogP contribution in [0.1, 0.15) is 43.6 Å². The van der Waals surface area contributed by atoms with Crippen molar-refractivity contribution < 1.29 is 14.5 Å². The predicted octanol–water partition coefficient (Wildman–Crippen LogP) is 0.363. The highest BCUT2D eigenvalue weighted by Crippen LogP contribution is 2.22. The zero-order valence-electron chi connectivity index (χ0n) is 15.1. The summed E-state index contributed by atoms with van der Waals surface area (Å²) in [7, 11) is 4.05. The third kappa shape index (κ3) is 6.40. The number of carbonyl (C=O) groups excluding carboxylic acids is 2. The molecule has 3 N–H and O–H groups in total. The Kier molecular flexibility index (Phi) is 6.76. The molecule has 0 fully saturated rings. The van der Waals surface area contributed by atoms with Crippen molar-refractivity contribution in [2.45, 2.75) is 39.2 Å². The van der Waals surface area contributed by atoms with Gasteiger partial charge in [0.1, 0.15) is 6.04 Å². The van der Waals surface area contributed by atoms with E-state index in [0.717, 1.165) is 6.54 Å². The molecule has 0 aromatic heterocycles. The van der Waals surface area contributed by atoms with E-state index >= 15 is 0 Å². The topological polar surface area (TPSA) is 62.6 Å². The molecule has 0 aliphatic rings. The fourth-order valence-electron chi connectivity index (χ4n) is 2.06. The Morgan fingerprint density at radius 1 is 1.13 bits per heavy atom. The van der Waals surface area contributed by atoms with Crippen molar-refractivity contribution in [3.05, 3.63) is 35.4 Å². The highest BCUT2D eigenvalue weighted by molar-refractivity contribution is 5.97. The summed E-state index contributed by atoms with van der Waals surface area (Å²) in [6.45, 7) is 9.53. The van der Waals surface area contributed by atoms with Gasteiger partial charge in [-0.25, -0.2) is 0 Å². The number of amides is 2. The highest BCUT2D eigenvalue weighted by atomic mass is 16.2. The lowest BCUT2D eigenvalue weighted by Crippen LogP contribution is -3.06. The summed E-state index contributed by atoms with van der Waals surface area (Å²) in [5.74, 6) is -0.391. The van der Waals surface area contributed by atoms with Gasteiger partial charge in [0.2, 0.25) is 5.91 Å². The minimum atomic E-state index is -0.554. The van der Waals surface area contributed by atoms with Crippen molar-refractivity contribution in [2.24, 2.45) is 0 Å². The number of likely N-dealkylation sites (N-methyl/N-ethyl adjacent to an activating group) is 1. The summed E-state index contributed by atoms with van der Waals surface area (Å²) >= 11 is 0. The lowest BCUT2D eigenvalue weighted by Gasteiger charge is -2.19. The lowest BCUT2D eigenvalue weighted by molar-refractivity contribution is -0.856. The van der Waals surface area contributed by atoms with Crippen LogP contribution < -0.4 is 15.5 Å². The Labute approximate surface area is 139 Å². The molecule has 1 rings (SSSR count). The molecule has 2 amide bonds. The normalized spacial score (nSPS) is 12.8.